The van der Waals surface area contributed by atoms with Crippen LogP contribution >= 0.6 is 23.2 Å². The number of nitrogens with zero attached hydrogens (tertiary/aromatic N) is 3. The summed E-state index contributed by atoms with van der Waals surface area (Å²) in [4.78, 5) is 15.6. The van der Waals surface area contributed by atoms with Crippen molar-refractivity contribution in [3.63, 3.8) is 0 Å². The Morgan fingerprint density at radius 2 is 1.57 bits per heavy atom. The standard InChI is InChI=1S/C25H20Cl2N6O3S/c1-15(34)28-20-10-12-21(13-11-20)37(35,36)32-24-30-25-29-22(16-2-6-18(26)7-3-16)14-23(33(25)31-24)17-4-8-19(27)9-5-17/h2-14,23H,1H3,(H,28,34)(H2,29,30,31,32)/t23-/m0/s1. The van der Waals surface area contributed by atoms with E-state index in [1.165, 1.54) is 31.2 Å². The Labute approximate surface area is 223 Å². The first kappa shape index (κ1) is 24.8. The number of hydrogen-bond acceptors (Lipinski definition) is 6. The molecule has 1 atom stereocenters. The van der Waals surface area contributed by atoms with E-state index in [4.69, 9.17) is 23.2 Å². The Balaban J connectivity index is 1.47. The Morgan fingerprint density at radius 3 is 2.19 bits per heavy atom. The number of anilines is 3. The molecule has 4 aromatic rings. The van der Waals surface area contributed by atoms with Gasteiger partial charge >= 0.3 is 0 Å². The monoisotopic (exact) mass is 554 g/mol. The van der Waals surface area contributed by atoms with Crippen LogP contribution in [0.15, 0.2) is 83.8 Å². The second kappa shape index (κ2) is 9.89. The largest absolute Gasteiger partial charge is 0.326 e. The number of fused-ring (bicyclic) bond motifs is 1. The summed E-state index contributed by atoms with van der Waals surface area (Å²) in [6, 6.07) is 20.0. The molecule has 0 fully saturated rings. The number of carbonyl (C=O) groups is 1. The van der Waals surface area contributed by atoms with E-state index in [-0.39, 0.29) is 22.8 Å². The van der Waals surface area contributed by atoms with Gasteiger partial charge < -0.3 is 10.6 Å². The average Bonchev–Trinajstić information content (AvgIpc) is 3.26. The molecule has 0 radical (unpaired) electrons. The summed E-state index contributed by atoms with van der Waals surface area (Å²) in [6.45, 7) is 1.37. The molecule has 1 aromatic heterocycles. The second-order valence-corrected chi connectivity index (χ2v) is 10.8. The number of carbonyl (C=O) groups excluding carboxylic acids is 1. The van der Waals surface area contributed by atoms with Gasteiger partial charge in [-0.15, -0.1) is 5.10 Å². The first-order chi connectivity index (χ1) is 17.7. The van der Waals surface area contributed by atoms with Gasteiger partial charge in [0.1, 0.15) is 6.04 Å². The van der Waals surface area contributed by atoms with Gasteiger partial charge in [0.05, 0.1) is 4.90 Å². The third-order valence-electron chi connectivity index (χ3n) is 5.54. The molecule has 5 rings (SSSR count). The summed E-state index contributed by atoms with van der Waals surface area (Å²) >= 11 is 12.1. The molecule has 1 aliphatic heterocycles. The van der Waals surface area contributed by atoms with Crippen molar-refractivity contribution in [2.75, 3.05) is 15.4 Å². The van der Waals surface area contributed by atoms with Gasteiger partial charge in [0.15, 0.2) is 0 Å². The highest BCUT2D eigenvalue weighted by molar-refractivity contribution is 7.92. The lowest BCUT2D eigenvalue weighted by molar-refractivity contribution is -0.114. The number of amides is 1. The van der Waals surface area contributed by atoms with Crippen LogP contribution in [0.5, 0.6) is 0 Å². The molecule has 12 heteroatoms. The average molecular weight is 555 g/mol. The number of benzene rings is 3. The van der Waals surface area contributed by atoms with E-state index in [1.807, 2.05) is 30.3 Å². The Kier molecular flexibility index (Phi) is 6.63. The molecule has 1 aliphatic rings. The van der Waals surface area contributed by atoms with E-state index in [2.05, 4.69) is 25.4 Å². The van der Waals surface area contributed by atoms with Crippen LogP contribution in [0.4, 0.5) is 17.6 Å². The molecule has 0 spiro atoms. The minimum absolute atomic E-state index is 0.00318. The smallest absolute Gasteiger partial charge is 0.264 e. The highest BCUT2D eigenvalue weighted by Crippen LogP contribution is 2.34. The van der Waals surface area contributed by atoms with Crippen LogP contribution in [0.3, 0.4) is 0 Å². The molecule has 0 saturated carbocycles. The molecule has 188 valence electrons. The summed E-state index contributed by atoms with van der Waals surface area (Å²) in [5.41, 5.74) is 3.00. The molecule has 0 bridgehead atoms. The maximum absolute atomic E-state index is 13.0. The van der Waals surface area contributed by atoms with Crippen LogP contribution in [0.1, 0.15) is 24.1 Å². The number of rotatable bonds is 6. The highest BCUT2D eigenvalue weighted by Gasteiger charge is 2.27. The lowest BCUT2D eigenvalue weighted by Gasteiger charge is -2.24. The SMILES string of the molecule is CC(=O)Nc1ccc(S(=O)(=O)Nc2nc3n(n2)[C@H](c2ccc(Cl)cc2)C=C(c2ccc(Cl)cc2)N3)cc1. The molecule has 1 amide bonds. The molecule has 2 heterocycles. The van der Waals surface area contributed by atoms with Gasteiger partial charge in [0, 0.05) is 28.4 Å². The summed E-state index contributed by atoms with van der Waals surface area (Å²) < 4.78 is 30.0. The quantitative estimate of drug-likeness (QED) is 0.293. The van der Waals surface area contributed by atoms with Crippen LogP contribution in [0.2, 0.25) is 10.0 Å². The summed E-state index contributed by atoms with van der Waals surface area (Å²) in [7, 11) is -3.99. The molecule has 37 heavy (non-hydrogen) atoms. The maximum atomic E-state index is 13.0. The van der Waals surface area contributed by atoms with E-state index in [1.54, 1.807) is 28.9 Å². The summed E-state index contributed by atoms with van der Waals surface area (Å²) in [5, 5.41) is 11.5. The number of nitrogens with one attached hydrogen (secondary N) is 3. The lowest BCUT2D eigenvalue weighted by atomic mass is 10.0. The molecule has 0 unspecified atom stereocenters. The third-order valence-corrected chi connectivity index (χ3v) is 7.39. The van der Waals surface area contributed by atoms with Crippen LogP contribution in [0, 0.1) is 0 Å². The first-order valence-electron chi connectivity index (χ1n) is 11.1. The van der Waals surface area contributed by atoms with Gasteiger partial charge in [-0.3, -0.25) is 4.79 Å². The van der Waals surface area contributed by atoms with Crippen LogP contribution in [-0.4, -0.2) is 29.1 Å². The van der Waals surface area contributed by atoms with Crippen molar-refractivity contribution >= 4 is 62.4 Å². The van der Waals surface area contributed by atoms with Crippen molar-refractivity contribution in [2.45, 2.75) is 17.9 Å². The predicted octanol–water partition coefficient (Wildman–Crippen LogP) is 5.40. The van der Waals surface area contributed by atoms with Crippen molar-refractivity contribution in [3.05, 3.63) is 100 Å². The molecule has 9 nitrogen and oxygen atoms in total. The van der Waals surface area contributed by atoms with E-state index in [0.29, 0.717) is 21.7 Å². The van der Waals surface area contributed by atoms with Crippen LogP contribution < -0.4 is 15.4 Å². The number of aromatic nitrogens is 3. The van der Waals surface area contributed by atoms with Crippen LogP contribution in [-0.2, 0) is 14.8 Å². The molecule has 0 saturated heterocycles. The van der Waals surface area contributed by atoms with Crippen molar-refractivity contribution in [1.29, 1.82) is 0 Å². The summed E-state index contributed by atoms with van der Waals surface area (Å²) in [5.74, 6) is 0.0000990. The lowest BCUT2D eigenvalue weighted by Crippen LogP contribution is -2.20. The summed E-state index contributed by atoms with van der Waals surface area (Å²) in [6.07, 6.45) is 1.97. The van der Waals surface area contributed by atoms with Gasteiger partial charge in [-0.05, 0) is 65.7 Å². The topological polar surface area (TPSA) is 118 Å². The van der Waals surface area contributed by atoms with Crippen molar-refractivity contribution in [2.24, 2.45) is 0 Å². The molecule has 3 aromatic carbocycles. The fourth-order valence-electron chi connectivity index (χ4n) is 3.83. The molecular weight excluding hydrogens is 535 g/mol. The van der Waals surface area contributed by atoms with Gasteiger partial charge in [0.25, 0.3) is 16.0 Å². The number of allylic oxidation sites excluding steroid dienone is 1. The Morgan fingerprint density at radius 1 is 0.946 bits per heavy atom. The molecule has 3 N–H and O–H groups in total. The van der Waals surface area contributed by atoms with Gasteiger partial charge in [-0.25, -0.2) is 17.8 Å². The van der Waals surface area contributed by atoms with Gasteiger partial charge in [-0.1, -0.05) is 47.5 Å². The maximum Gasteiger partial charge on any atom is 0.264 e. The van der Waals surface area contributed by atoms with E-state index >= 15 is 0 Å². The third kappa shape index (κ3) is 5.46. The minimum atomic E-state index is -3.99. The zero-order valence-electron chi connectivity index (χ0n) is 19.3. The minimum Gasteiger partial charge on any atom is -0.326 e. The fourth-order valence-corrected chi connectivity index (χ4v) is 5.02. The molecular formula is C25H20Cl2N6O3S. The van der Waals surface area contributed by atoms with Crippen LogP contribution in [0.25, 0.3) is 5.70 Å². The zero-order valence-corrected chi connectivity index (χ0v) is 21.6. The number of halogens is 2. The van der Waals surface area contributed by atoms with Gasteiger partial charge in [0.2, 0.25) is 11.9 Å². The number of sulfonamides is 1. The van der Waals surface area contributed by atoms with E-state index in [0.717, 1.165) is 16.8 Å². The van der Waals surface area contributed by atoms with Crippen molar-refractivity contribution in [3.8, 4) is 0 Å². The number of hydrogen-bond donors (Lipinski definition) is 3. The van der Waals surface area contributed by atoms with Crippen molar-refractivity contribution < 1.29 is 13.2 Å². The second-order valence-electron chi connectivity index (χ2n) is 8.22. The predicted molar refractivity (Wildman–Crippen MR) is 144 cm³/mol. The van der Waals surface area contributed by atoms with E-state index < -0.39 is 10.0 Å². The highest BCUT2D eigenvalue weighted by atomic mass is 35.5. The van der Waals surface area contributed by atoms with E-state index in [9.17, 15) is 13.2 Å². The normalized spacial score (nSPS) is 14.8. The molecule has 0 aliphatic carbocycles. The Hall–Kier alpha value is -3.86. The Bertz CT molecular complexity index is 1600. The first-order valence-corrected chi connectivity index (χ1v) is 13.3. The zero-order chi connectivity index (χ0) is 26.2. The van der Waals surface area contributed by atoms with Gasteiger partial charge in [-0.2, -0.15) is 4.98 Å². The fraction of sp³-hybridized carbons (Fsp3) is 0.0800. The van der Waals surface area contributed by atoms with Crippen molar-refractivity contribution in [1.82, 2.24) is 14.8 Å².